The fourth-order valence-corrected chi connectivity index (χ4v) is 3.36. The molecule has 5 nitrogen and oxygen atoms in total. The quantitative estimate of drug-likeness (QED) is 0.900. The van der Waals surface area contributed by atoms with Crippen LogP contribution in [0, 0.1) is 0 Å². The molecule has 2 aliphatic heterocycles. The molecule has 5 heteroatoms. The number of piperidine rings is 1. The lowest BCUT2D eigenvalue weighted by Crippen LogP contribution is -2.44. The number of carbonyl (C=O) groups is 1. The van der Waals surface area contributed by atoms with Crippen LogP contribution in [0.5, 0.6) is 0 Å². The maximum atomic E-state index is 12.2. The van der Waals surface area contributed by atoms with Gasteiger partial charge in [-0.1, -0.05) is 6.07 Å². The van der Waals surface area contributed by atoms with Crippen molar-refractivity contribution in [3.8, 4) is 0 Å². The Morgan fingerprint density at radius 3 is 2.77 bits per heavy atom. The molecule has 0 aromatic heterocycles. The normalized spacial score (nSPS) is 19.1. The van der Waals surface area contributed by atoms with E-state index >= 15 is 0 Å². The summed E-state index contributed by atoms with van der Waals surface area (Å²) < 4.78 is 0. The topological polar surface area (TPSA) is 47.6 Å². The van der Waals surface area contributed by atoms with Gasteiger partial charge in [-0.3, -0.25) is 0 Å². The standard InChI is InChI=1S/C17H26N4O/c1-3-21-11-6-13-4-5-15(12-16(13)21)19-17(22)18-14-7-9-20(2)10-8-14/h4-5,12,14H,3,6-11H2,1-2H3,(H2,18,19,22). The van der Waals surface area contributed by atoms with Gasteiger partial charge in [-0.2, -0.15) is 0 Å². The molecule has 0 radical (unpaired) electrons. The molecule has 2 aliphatic rings. The van der Waals surface area contributed by atoms with Crippen LogP contribution in [0.3, 0.4) is 0 Å². The Hall–Kier alpha value is -1.75. The number of hydrogen-bond donors (Lipinski definition) is 2. The molecule has 2 heterocycles. The second kappa shape index (κ2) is 6.57. The van der Waals surface area contributed by atoms with Crippen molar-refractivity contribution in [3.63, 3.8) is 0 Å². The maximum Gasteiger partial charge on any atom is 0.319 e. The van der Waals surface area contributed by atoms with E-state index in [1.807, 2.05) is 6.07 Å². The molecule has 3 rings (SSSR count). The first-order valence-electron chi connectivity index (χ1n) is 8.29. The predicted octanol–water partition coefficient (Wildman–Crippen LogP) is 2.28. The molecule has 1 fully saturated rings. The second-order valence-corrected chi connectivity index (χ2v) is 6.35. The lowest BCUT2D eigenvalue weighted by Gasteiger charge is -2.29. The van der Waals surface area contributed by atoms with Gasteiger partial charge >= 0.3 is 6.03 Å². The number of carbonyl (C=O) groups excluding carboxylic acids is 1. The number of anilines is 2. The first kappa shape index (κ1) is 15.2. The molecule has 120 valence electrons. The van der Waals surface area contributed by atoms with Crippen molar-refractivity contribution in [1.29, 1.82) is 0 Å². The average molecular weight is 302 g/mol. The van der Waals surface area contributed by atoms with Gasteiger partial charge in [0.05, 0.1) is 0 Å². The van der Waals surface area contributed by atoms with Gasteiger partial charge in [0, 0.05) is 30.5 Å². The number of nitrogens with one attached hydrogen (secondary N) is 2. The van der Waals surface area contributed by atoms with Crippen molar-refractivity contribution < 1.29 is 4.79 Å². The Morgan fingerprint density at radius 1 is 1.27 bits per heavy atom. The number of benzene rings is 1. The van der Waals surface area contributed by atoms with Gasteiger partial charge in [-0.05, 0) is 64.0 Å². The molecule has 0 atom stereocenters. The Labute approximate surface area is 132 Å². The molecule has 0 unspecified atom stereocenters. The molecule has 1 aromatic rings. The summed E-state index contributed by atoms with van der Waals surface area (Å²) in [6.45, 7) is 6.36. The summed E-state index contributed by atoms with van der Waals surface area (Å²) in [5, 5.41) is 6.07. The van der Waals surface area contributed by atoms with Crippen LogP contribution in [0.4, 0.5) is 16.2 Å². The third-order valence-electron chi connectivity index (χ3n) is 4.77. The Morgan fingerprint density at radius 2 is 2.05 bits per heavy atom. The third-order valence-corrected chi connectivity index (χ3v) is 4.77. The number of fused-ring (bicyclic) bond motifs is 1. The van der Waals surface area contributed by atoms with Crippen LogP contribution in [-0.4, -0.2) is 50.2 Å². The predicted molar refractivity (Wildman–Crippen MR) is 90.7 cm³/mol. The Kier molecular flexibility index (Phi) is 4.52. The van der Waals surface area contributed by atoms with E-state index in [0.29, 0.717) is 0 Å². The number of rotatable bonds is 3. The van der Waals surface area contributed by atoms with Gasteiger partial charge in [-0.25, -0.2) is 4.79 Å². The summed E-state index contributed by atoms with van der Waals surface area (Å²) in [5.74, 6) is 0. The summed E-state index contributed by atoms with van der Waals surface area (Å²) in [4.78, 5) is 16.8. The fraction of sp³-hybridized carbons (Fsp3) is 0.588. The zero-order chi connectivity index (χ0) is 15.5. The maximum absolute atomic E-state index is 12.2. The number of amides is 2. The van der Waals surface area contributed by atoms with Crippen molar-refractivity contribution in [1.82, 2.24) is 10.2 Å². The molecule has 2 N–H and O–H groups in total. The second-order valence-electron chi connectivity index (χ2n) is 6.35. The van der Waals surface area contributed by atoms with Gasteiger partial charge in [0.2, 0.25) is 0 Å². The van der Waals surface area contributed by atoms with Crippen LogP contribution in [0.1, 0.15) is 25.3 Å². The van der Waals surface area contributed by atoms with Crippen molar-refractivity contribution in [2.45, 2.75) is 32.2 Å². The minimum Gasteiger partial charge on any atom is -0.371 e. The largest absolute Gasteiger partial charge is 0.371 e. The SMILES string of the molecule is CCN1CCc2ccc(NC(=O)NC3CCN(C)CC3)cc21. The first-order chi connectivity index (χ1) is 10.7. The third kappa shape index (κ3) is 3.35. The van der Waals surface area contributed by atoms with E-state index in [2.05, 4.69) is 46.5 Å². The highest BCUT2D eigenvalue weighted by Gasteiger charge is 2.20. The van der Waals surface area contributed by atoms with E-state index in [0.717, 1.165) is 51.1 Å². The molecular weight excluding hydrogens is 276 g/mol. The Balaban J connectivity index is 1.58. The van der Waals surface area contributed by atoms with Crippen molar-refractivity contribution >= 4 is 17.4 Å². The summed E-state index contributed by atoms with van der Waals surface area (Å²) in [5.41, 5.74) is 3.52. The summed E-state index contributed by atoms with van der Waals surface area (Å²) >= 11 is 0. The molecule has 22 heavy (non-hydrogen) atoms. The highest BCUT2D eigenvalue weighted by atomic mass is 16.2. The zero-order valence-electron chi connectivity index (χ0n) is 13.6. The lowest BCUT2D eigenvalue weighted by atomic mass is 10.1. The summed E-state index contributed by atoms with van der Waals surface area (Å²) in [6.07, 6.45) is 3.15. The van der Waals surface area contributed by atoms with Gasteiger partial charge in [0.25, 0.3) is 0 Å². The van der Waals surface area contributed by atoms with Crippen molar-refractivity contribution in [2.75, 3.05) is 43.4 Å². The monoisotopic (exact) mass is 302 g/mol. The number of nitrogens with zero attached hydrogens (tertiary/aromatic N) is 2. The van der Waals surface area contributed by atoms with Crippen LogP contribution in [0.2, 0.25) is 0 Å². The van der Waals surface area contributed by atoms with E-state index in [1.165, 1.54) is 11.3 Å². The van der Waals surface area contributed by atoms with E-state index < -0.39 is 0 Å². The number of likely N-dealkylation sites (N-methyl/N-ethyl adjacent to an activating group) is 1. The molecule has 2 amide bonds. The van der Waals surface area contributed by atoms with Crippen LogP contribution in [0.15, 0.2) is 18.2 Å². The number of hydrogen-bond acceptors (Lipinski definition) is 3. The van der Waals surface area contributed by atoms with Crippen molar-refractivity contribution in [2.24, 2.45) is 0 Å². The summed E-state index contributed by atoms with van der Waals surface area (Å²) in [6, 6.07) is 6.44. The highest BCUT2D eigenvalue weighted by molar-refractivity contribution is 5.90. The molecule has 1 saturated heterocycles. The van der Waals surface area contributed by atoms with E-state index in [9.17, 15) is 4.79 Å². The van der Waals surface area contributed by atoms with Crippen LogP contribution in [0.25, 0.3) is 0 Å². The van der Waals surface area contributed by atoms with Crippen LogP contribution >= 0.6 is 0 Å². The van der Waals surface area contributed by atoms with Crippen LogP contribution < -0.4 is 15.5 Å². The minimum absolute atomic E-state index is 0.0875. The average Bonchev–Trinajstić information content (AvgIpc) is 2.92. The molecule has 1 aromatic carbocycles. The molecular formula is C17H26N4O. The first-order valence-corrected chi connectivity index (χ1v) is 8.29. The zero-order valence-corrected chi connectivity index (χ0v) is 13.6. The van der Waals surface area contributed by atoms with Gasteiger partial charge in [0.1, 0.15) is 0 Å². The van der Waals surface area contributed by atoms with E-state index in [-0.39, 0.29) is 12.1 Å². The van der Waals surface area contributed by atoms with Gasteiger partial charge in [-0.15, -0.1) is 0 Å². The number of likely N-dealkylation sites (tertiary alicyclic amines) is 1. The van der Waals surface area contributed by atoms with Crippen molar-refractivity contribution in [3.05, 3.63) is 23.8 Å². The van der Waals surface area contributed by atoms with Gasteiger partial charge < -0.3 is 20.4 Å². The molecule has 0 saturated carbocycles. The van der Waals surface area contributed by atoms with Gasteiger partial charge in [0.15, 0.2) is 0 Å². The molecule has 0 aliphatic carbocycles. The molecule has 0 bridgehead atoms. The molecule has 0 spiro atoms. The van der Waals surface area contributed by atoms with Crippen LogP contribution in [-0.2, 0) is 6.42 Å². The Bertz CT molecular complexity index is 537. The smallest absolute Gasteiger partial charge is 0.319 e. The lowest BCUT2D eigenvalue weighted by molar-refractivity contribution is 0.221. The van der Waals surface area contributed by atoms with E-state index in [1.54, 1.807) is 0 Å². The van der Waals surface area contributed by atoms with E-state index in [4.69, 9.17) is 0 Å². The fourth-order valence-electron chi connectivity index (χ4n) is 3.36. The minimum atomic E-state index is -0.0875. The highest BCUT2D eigenvalue weighted by Crippen LogP contribution is 2.30. The summed E-state index contributed by atoms with van der Waals surface area (Å²) in [7, 11) is 2.13. The number of urea groups is 1.